The van der Waals surface area contributed by atoms with Crippen LogP contribution in [0.4, 0.5) is 15.9 Å². The van der Waals surface area contributed by atoms with E-state index in [0.29, 0.717) is 5.82 Å². The van der Waals surface area contributed by atoms with E-state index in [0.717, 1.165) is 36.4 Å². The first-order valence-corrected chi connectivity index (χ1v) is 12.4. The highest BCUT2D eigenvalue weighted by Gasteiger charge is 2.32. The summed E-state index contributed by atoms with van der Waals surface area (Å²) in [4.78, 5) is -0.0165. The van der Waals surface area contributed by atoms with Crippen molar-refractivity contribution < 1.29 is 17.5 Å². The van der Waals surface area contributed by atoms with Crippen LogP contribution in [0.1, 0.15) is 62.8 Å². The number of benzene rings is 1. The molecule has 1 saturated carbocycles. The summed E-state index contributed by atoms with van der Waals surface area (Å²) in [6.45, 7) is 6.32. The van der Waals surface area contributed by atoms with Gasteiger partial charge in [-0.15, -0.1) is 0 Å². The molecular weight excluding hydrogens is 447 g/mol. The fourth-order valence-corrected chi connectivity index (χ4v) is 5.73. The molecule has 2 aromatic heterocycles. The molecule has 2 aliphatic rings. The van der Waals surface area contributed by atoms with Gasteiger partial charge in [-0.1, -0.05) is 20.8 Å². The lowest BCUT2D eigenvalue weighted by molar-refractivity contribution is 0.195. The van der Waals surface area contributed by atoms with Crippen LogP contribution in [0.3, 0.4) is 0 Å². The molecule has 4 N–H and O–H groups in total. The second-order valence-electron chi connectivity index (χ2n) is 9.67. The van der Waals surface area contributed by atoms with Gasteiger partial charge >= 0.3 is 0 Å². The van der Waals surface area contributed by atoms with Gasteiger partial charge in [-0.05, 0) is 36.8 Å². The Hall–Kier alpha value is -2.92. The van der Waals surface area contributed by atoms with E-state index in [-0.39, 0.29) is 40.1 Å². The fraction of sp³-hybridized carbons (Fsp3) is 0.455. The first kappa shape index (κ1) is 21.9. The van der Waals surface area contributed by atoms with E-state index in [9.17, 15) is 12.8 Å². The average molecular weight is 475 g/mol. The van der Waals surface area contributed by atoms with Gasteiger partial charge in [0.05, 0.1) is 16.8 Å². The molecule has 5 rings (SSSR count). The van der Waals surface area contributed by atoms with E-state index in [2.05, 4.69) is 51.2 Å². The molecule has 0 unspecified atom stereocenters. The molecule has 1 aliphatic carbocycles. The van der Waals surface area contributed by atoms with Gasteiger partial charge in [0, 0.05) is 35.3 Å². The van der Waals surface area contributed by atoms with Gasteiger partial charge in [0.2, 0.25) is 15.9 Å². The molecule has 0 saturated heterocycles. The minimum atomic E-state index is -3.62. The Morgan fingerprint density at radius 3 is 2.82 bits per heavy atom. The normalized spacial score (nSPS) is 21.8. The number of nitrogens with zero attached hydrogens (tertiary/aromatic N) is 2. The predicted molar refractivity (Wildman–Crippen MR) is 121 cm³/mol. The van der Waals surface area contributed by atoms with Crippen molar-refractivity contribution in [1.82, 2.24) is 25.1 Å². The van der Waals surface area contributed by atoms with Gasteiger partial charge in [-0.3, -0.25) is 5.10 Å². The minimum Gasteiger partial charge on any atom is -0.474 e. The number of nitrogens with one attached hydrogen (secondary N) is 4. The molecule has 0 amide bonds. The Kier molecular flexibility index (Phi) is 5.20. The van der Waals surface area contributed by atoms with Crippen LogP contribution in [0.25, 0.3) is 0 Å². The van der Waals surface area contributed by atoms with Crippen molar-refractivity contribution in [2.45, 2.75) is 68.9 Å². The van der Waals surface area contributed by atoms with Crippen LogP contribution >= 0.6 is 0 Å². The van der Waals surface area contributed by atoms with Crippen LogP contribution in [0.2, 0.25) is 0 Å². The van der Waals surface area contributed by atoms with E-state index >= 15 is 0 Å². The van der Waals surface area contributed by atoms with Gasteiger partial charge in [0.1, 0.15) is 6.10 Å². The number of rotatable bonds is 5. The van der Waals surface area contributed by atoms with E-state index < -0.39 is 15.8 Å². The van der Waals surface area contributed by atoms with Crippen LogP contribution in [-0.2, 0) is 22.0 Å². The minimum absolute atomic E-state index is 0.0165. The lowest BCUT2D eigenvalue weighted by atomic mass is 9.89. The van der Waals surface area contributed by atoms with Gasteiger partial charge < -0.3 is 10.1 Å². The van der Waals surface area contributed by atoms with Crippen molar-refractivity contribution in [3.63, 3.8) is 0 Å². The van der Waals surface area contributed by atoms with Crippen molar-refractivity contribution in [2.75, 3.05) is 5.32 Å². The fourth-order valence-electron chi connectivity index (χ4n) is 4.50. The quantitative estimate of drug-likeness (QED) is 0.446. The molecule has 1 aliphatic heterocycles. The van der Waals surface area contributed by atoms with Crippen molar-refractivity contribution >= 4 is 21.5 Å². The van der Waals surface area contributed by atoms with Crippen molar-refractivity contribution in [2.24, 2.45) is 0 Å². The van der Waals surface area contributed by atoms with E-state index in [4.69, 9.17) is 4.74 Å². The Morgan fingerprint density at radius 2 is 2.03 bits per heavy atom. The van der Waals surface area contributed by atoms with Crippen LogP contribution in [0.5, 0.6) is 5.88 Å². The number of halogens is 1. The molecule has 11 heteroatoms. The molecule has 3 aromatic rings. The largest absolute Gasteiger partial charge is 0.474 e. The Bertz CT molecular complexity index is 1290. The second-order valence-corrected chi connectivity index (χ2v) is 11.4. The third kappa shape index (κ3) is 4.10. The maximum absolute atomic E-state index is 14.8. The third-order valence-electron chi connectivity index (χ3n) is 6.31. The molecule has 0 bridgehead atoms. The number of ether oxygens (including phenoxy) is 1. The molecule has 33 heavy (non-hydrogen) atoms. The van der Waals surface area contributed by atoms with E-state index in [1.54, 1.807) is 0 Å². The molecule has 1 aromatic carbocycles. The van der Waals surface area contributed by atoms with Crippen LogP contribution < -0.4 is 14.8 Å². The third-order valence-corrected chi connectivity index (χ3v) is 7.80. The first-order valence-electron chi connectivity index (χ1n) is 11.0. The van der Waals surface area contributed by atoms with Crippen LogP contribution in [0, 0.1) is 5.82 Å². The zero-order chi connectivity index (χ0) is 23.4. The number of H-pyrrole nitrogens is 2. The summed E-state index contributed by atoms with van der Waals surface area (Å²) in [6.07, 6.45) is 4.58. The zero-order valence-electron chi connectivity index (χ0n) is 18.7. The highest BCUT2D eigenvalue weighted by atomic mass is 32.2. The lowest BCUT2D eigenvalue weighted by Gasteiger charge is -2.20. The van der Waals surface area contributed by atoms with Crippen molar-refractivity contribution in [1.29, 1.82) is 0 Å². The number of anilines is 2. The number of sulfonamides is 1. The topological polar surface area (TPSA) is 125 Å². The number of aromatic nitrogens is 4. The Balaban J connectivity index is 1.26. The highest BCUT2D eigenvalue weighted by Crippen LogP contribution is 2.38. The summed E-state index contributed by atoms with van der Waals surface area (Å²) < 4.78 is 47.2. The Morgan fingerprint density at radius 1 is 1.21 bits per heavy atom. The van der Waals surface area contributed by atoms with Gasteiger partial charge in [-0.2, -0.15) is 10.2 Å². The number of aromatic amines is 2. The molecule has 0 radical (unpaired) electrons. The molecule has 176 valence electrons. The number of fused-ring (bicyclic) bond motifs is 1. The van der Waals surface area contributed by atoms with Gasteiger partial charge in [0.25, 0.3) is 0 Å². The maximum atomic E-state index is 14.8. The number of hydrogen-bond acceptors (Lipinski definition) is 6. The second kappa shape index (κ2) is 7.84. The van der Waals surface area contributed by atoms with Crippen LogP contribution in [0.15, 0.2) is 29.3 Å². The summed E-state index contributed by atoms with van der Waals surface area (Å²) in [7, 11) is -3.62. The first-order chi connectivity index (χ1) is 15.6. The van der Waals surface area contributed by atoms with E-state index in [1.165, 1.54) is 12.1 Å². The van der Waals surface area contributed by atoms with E-state index in [1.807, 2.05) is 12.3 Å². The summed E-state index contributed by atoms with van der Waals surface area (Å²) in [5.74, 6) is 0.863. The number of hydrogen-bond donors (Lipinski definition) is 4. The molecule has 3 heterocycles. The van der Waals surface area contributed by atoms with Gasteiger partial charge in [-0.25, -0.2) is 22.6 Å². The lowest BCUT2D eigenvalue weighted by Crippen LogP contribution is -2.17. The molecule has 9 nitrogen and oxygen atoms in total. The molecule has 0 spiro atoms. The van der Waals surface area contributed by atoms with Crippen molar-refractivity contribution in [3.8, 4) is 5.88 Å². The SMILES string of the molecule is CC(C)(C)c1cn[nH]c1O[C@@H]1CC[C@H](c2cc(Nc3ccc4c(c3F)CNS4(=O)=O)n[nH]2)C1. The van der Waals surface area contributed by atoms with Crippen LogP contribution in [-0.4, -0.2) is 34.9 Å². The van der Waals surface area contributed by atoms with Gasteiger partial charge in [0.15, 0.2) is 11.6 Å². The monoisotopic (exact) mass is 474 g/mol. The Labute approximate surface area is 191 Å². The smallest absolute Gasteiger partial charge is 0.241 e. The predicted octanol–water partition coefficient (Wildman–Crippen LogP) is 3.82. The molecule has 1 fully saturated rings. The summed E-state index contributed by atoms with van der Waals surface area (Å²) in [5, 5.41) is 17.4. The highest BCUT2D eigenvalue weighted by molar-refractivity contribution is 7.89. The summed E-state index contributed by atoms with van der Waals surface area (Å²) >= 11 is 0. The molecular formula is C22H27FN6O3S. The zero-order valence-corrected chi connectivity index (χ0v) is 19.5. The van der Waals surface area contributed by atoms with Crippen molar-refractivity contribution in [3.05, 3.63) is 47.0 Å². The summed E-state index contributed by atoms with van der Waals surface area (Å²) in [6, 6.07) is 4.69. The summed E-state index contributed by atoms with van der Waals surface area (Å²) in [5.41, 5.74) is 2.28. The standard InChI is InChI=1S/C22H27FN6O3S/c1-22(2,3)15-11-24-29-21(15)32-13-5-4-12(8-13)17-9-19(28-27-17)26-16-6-7-18-14(20(16)23)10-25-33(18,30)31/h6-7,9,11-13,25H,4-5,8,10H2,1-3H3,(H,24,29)(H2,26,27,28)/t12-,13+/m0/s1. The molecule has 2 atom stereocenters. The average Bonchev–Trinajstić information content (AvgIpc) is 3.51. The maximum Gasteiger partial charge on any atom is 0.241 e.